The maximum atomic E-state index is 6.20. The molecule has 3 nitrogen and oxygen atoms in total. The molecule has 2 heterocycles. The number of ether oxygens (including phenoxy) is 2. The average molecular weight is 309 g/mol. The molecule has 0 aliphatic carbocycles. The van der Waals surface area contributed by atoms with E-state index in [1.807, 2.05) is 12.1 Å². The molecule has 1 fully saturated rings. The minimum Gasteiger partial charge on any atom is -0.497 e. The van der Waals surface area contributed by atoms with Crippen LogP contribution in [0.5, 0.6) is 5.75 Å². The van der Waals surface area contributed by atoms with E-state index in [1.165, 1.54) is 28.8 Å². The third-order valence-corrected chi connectivity index (χ3v) is 5.10. The molecule has 2 aromatic rings. The summed E-state index contributed by atoms with van der Waals surface area (Å²) >= 11 is 0. The first-order valence-corrected chi connectivity index (χ1v) is 8.39. The van der Waals surface area contributed by atoms with Crippen molar-refractivity contribution in [2.75, 3.05) is 19.0 Å². The Hall–Kier alpha value is -2.00. The zero-order chi connectivity index (χ0) is 15.8. The molecule has 3 heteroatoms. The number of nitrogens with one attached hydrogen (secondary N) is 1. The number of hydrogen-bond donors (Lipinski definition) is 1. The lowest BCUT2D eigenvalue weighted by molar-refractivity contribution is -0.0381. The standard InChI is InChI=1S/C20H23NO2/c1-13-5-10-18-17(12-13)20-16(4-3-11-23-20)19(21-18)14-6-8-15(22-2)9-7-14/h5-10,12,16,19-21H,3-4,11H2,1-2H3/t16-,19?,20-/m0/s1. The van der Waals surface area contributed by atoms with E-state index in [2.05, 4.69) is 42.6 Å². The van der Waals surface area contributed by atoms with Crippen molar-refractivity contribution < 1.29 is 9.47 Å². The van der Waals surface area contributed by atoms with E-state index >= 15 is 0 Å². The lowest BCUT2D eigenvalue weighted by Gasteiger charge is -2.43. The van der Waals surface area contributed by atoms with Gasteiger partial charge in [-0.1, -0.05) is 29.8 Å². The molecule has 0 saturated carbocycles. The predicted molar refractivity (Wildman–Crippen MR) is 92.0 cm³/mol. The highest BCUT2D eigenvalue weighted by Gasteiger charge is 2.39. The van der Waals surface area contributed by atoms with E-state index in [-0.39, 0.29) is 6.10 Å². The zero-order valence-corrected chi connectivity index (χ0v) is 13.7. The molecule has 120 valence electrons. The molecule has 0 bridgehead atoms. The third-order valence-electron chi connectivity index (χ3n) is 5.10. The van der Waals surface area contributed by atoms with Crippen LogP contribution in [0.3, 0.4) is 0 Å². The lowest BCUT2D eigenvalue weighted by Crippen LogP contribution is -2.36. The maximum absolute atomic E-state index is 6.20. The molecule has 0 aromatic heterocycles. The summed E-state index contributed by atoms with van der Waals surface area (Å²) in [5.41, 5.74) is 5.12. The summed E-state index contributed by atoms with van der Waals surface area (Å²) in [4.78, 5) is 0. The Kier molecular flexibility index (Phi) is 3.74. The molecule has 0 radical (unpaired) electrons. The van der Waals surface area contributed by atoms with Gasteiger partial charge in [-0.3, -0.25) is 0 Å². The van der Waals surface area contributed by atoms with E-state index in [0.29, 0.717) is 12.0 Å². The van der Waals surface area contributed by atoms with Crippen LogP contribution in [0.15, 0.2) is 42.5 Å². The molecule has 23 heavy (non-hydrogen) atoms. The highest BCUT2D eigenvalue weighted by Crippen LogP contribution is 2.49. The summed E-state index contributed by atoms with van der Waals surface area (Å²) in [6, 6.07) is 15.3. The van der Waals surface area contributed by atoms with Crippen LogP contribution in [0, 0.1) is 12.8 Å². The van der Waals surface area contributed by atoms with Gasteiger partial charge in [-0.2, -0.15) is 0 Å². The molecule has 1 N–H and O–H groups in total. The third kappa shape index (κ3) is 2.59. The predicted octanol–water partition coefficient (Wildman–Crippen LogP) is 4.64. The summed E-state index contributed by atoms with van der Waals surface area (Å²) in [5.74, 6) is 1.38. The zero-order valence-electron chi connectivity index (χ0n) is 13.7. The fourth-order valence-corrected chi connectivity index (χ4v) is 3.93. The summed E-state index contributed by atoms with van der Waals surface area (Å²) in [6.45, 7) is 3.01. The van der Waals surface area contributed by atoms with E-state index in [9.17, 15) is 0 Å². The summed E-state index contributed by atoms with van der Waals surface area (Å²) in [6.07, 6.45) is 2.53. The van der Waals surface area contributed by atoms with Crippen molar-refractivity contribution in [2.45, 2.75) is 31.9 Å². The highest BCUT2D eigenvalue weighted by molar-refractivity contribution is 5.58. The molecule has 2 aromatic carbocycles. The van der Waals surface area contributed by atoms with Crippen LogP contribution < -0.4 is 10.1 Å². The van der Waals surface area contributed by atoms with Crippen molar-refractivity contribution in [1.82, 2.24) is 0 Å². The summed E-state index contributed by atoms with van der Waals surface area (Å²) in [7, 11) is 1.71. The molecular formula is C20H23NO2. The number of anilines is 1. The minimum atomic E-state index is 0.201. The van der Waals surface area contributed by atoms with Crippen LogP contribution in [0.25, 0.3) is 0 Å². The van der Waals surface area contributed by atoms with Crippen molar-refractivity contribution in [3.8, 4) is 5.75 Å². The average Bonchev–Trinajstić information content (AvgIpc) is 2.61. The molecule has 1 saturated heterocycles. The monoisotopic (exact) mass is 309 g/mol. The lowest BCUT2D eigenvalue weighted by atomic mass is 9.77. The van der Waals surface area contributed by atoms with Gasteiger partial charge in [-0.25, -0.2) is 0 Å². The largest absolute Gasteiger partial charge is 0.497 e. The first-order chi connectivity index (χ1) is 11.3. The Morgan fingerprint density at radius 2 is 1.96 bits per heavy atom. The smallest absolute Gasteiger partial charge is 0.118 e. The fraction of sp³-hybridized carbons (Fsp3) is 0.400. The highest BCUT2D eigenvalue weighted by atomic mass is 16.5. The van der Waals surface area contributed by atoms with Crippen molar-refractivity contribution in [1.29, 1.82) is 0 Å². The van der Waals surface area contributed by atoms with E-state index in [1.54, 1.807) is 7.11 Å². The van der Waals surface area contributed by atoms with Gasteiger partial charge in [-0.15, -0.1) is 0 Å². The van der Waals surface area contributed by atoms with Gasteiger partial charge in [0.2, 0.25) is 0 Å². The number of aryl methyl sites for hydroxylation is 1. The van der Waals surface area contributed by atoms with Crippen LogP contribution in [-0.2, 0) is 4.74 Å². The Bertz CT molecular complexity index is 695. The van der Waals surface area contributed by atoms with Gasteiger partial charge in [0.1, 0.15) is 5.75 Å². The molecule has 2 aliphatic rings. The number of methoxy groups -OCH3 is 1. The molecule has 0 spiro atoms. The first kappa shape index (κ1) is 14.6. The van der Waals surface area contributed by atoms with E-state index in [4.69, 9.17) is 9.47 Å². The van der Waals surface area contributed by atoms with Crippen molar-refractivity contribution >= 4 is 5.69 Å². The van der Waals surface area contributed by atoms with Gasteiger partial charge < -0.3 is 14.8 Å². The second-order valence-corrected chi connectivity index (χ2v) is 6.58. The fourth-order valence-electron chi connectivity index (χ4n) is 3.93. The number of benzene rings is 2. The second-order valence-electron chi connectivity index (χ2n) is 6.58. The van der Waals surface area contributed by atoms with Gasteiger partial charge in [0.15, 0.2) is 0 Å². The van der Waals surface area contributed by atoms with Crippen molar-refractivity contribution in [3.05, 3.63) is 59.2 Å². The SMILES string of the molecule is COc1ccc(C2Nc3ccc(C)cc3[C@H]3OCCC[C@@H]23)cc1. The van der Waals surface area contributed by atoms with Crippen LogP contribution in [0.4, 0.5) is 5.69 Å². The van der Waals surface area contributed by atoms with Crippen molar-refractivity contribution in [2.24, 2.45) is 5.92 Å². The molecule has 1 unspecified atom stereocenters. The Labute approximate surface area is 137 Å². The van der Waals surface area contributed by atoms with Gasteiger partial charge >= 0.3 is 0 Å². The normalized spacial score (nSPS) is 25.9. The van der Waals surface area contributed by atoms with Crippen molar-refractivity contribution in [3.63, 3.8) is 0 Å². The Morgan fingerprint density at radius 3 is 2.74 bits per heavy atom. The van der Waals surface area contributed by atoms with Gasteiger partial charge in [-0.05, 0) is 43.5 Å². The molecular weight excluding hydrogens is 286 g/mol. The van der Waals surface area contributed by atoms with Gasteiger partial charge in [0.05, 0.1) is 19.3 Å². The van der Waals surface area contributed by atoms with E-state index < -0.39 is 0 Å². The van der Waals surface area contributed by atoms with Crippen LogP contribution in [-0.4, -0.2) is 13.7 Å². The molecule has 4 rings (SSSR count). The molecule has 2 aliphatic heterocycles. The van der Waals surface area contributed by atoms with Crippen LogP contribution >= 0.6 is 0 Å². The van der Waals surface area contributed by atoms with Gasteiger partial charge in [0.25, 0.3) is 0 Å². The maximum Gasteiger partial charge on any atom is 0.118 e. The first-order valence-electron chi connectivity index (χ1n) is 8.39. The second kappa shape index (κ2) is 5.89. The Balaban J connectivity index is 1.73. The van der Waals surface area contributed by atoms with Crippen LogP contribution in [0.2, 0.25) is 0 Å². The number of rotatable bonds is 2. The quantitative estimate of drug-likeness (QED) is 0.876. The van der Waals surface area contributed by atoms with E-state index in [0.717, 1.165) is 18.8 Å². The summed E-state index contributed by atoms with van der Waals surface area (Å²) in [5, 5.41) is 3.76. The molecule has 0 amide bonds. The number of hydrogen-bond acceptors (Lipinski definition) is 3. The molecule has 3 atom stereocenters. The minimum absolute atomic E-state index is 0.201. The van der Waals surface area contributed by atoms with Gasteiger partial charge in [0, 0.05) is 23.8 Å². The Morgan fingerprint density at radius 1 is 1.13 bits per heavy atom. The topological polar surface area (TPSA) is 30.5 Å². The summed E-state index contributed by atoms with van der Waals surface area (Å²) < 4.78 is 11.5. The number of fused-ring (bicyclic) bond motifs is 3. The van der Waals surface area contributed by atoms with Crippen LogP contribution in [0.1, 0.15) is 41.7 Å².